The van der Waals surface area contributed by atoms with Crippen LogP contribution < -0.4 is 21.3 Å². The molecule has 2 aromatic rings. The van der Waals surface area contributed by atoms with E-state index in [4.69, 9.17) is 22.1 Å². The van der Waals surface area contributed by atoms with E-state index in [1.807, 2.05) is 0 Å². The molecule has 1 aromatic heterocycles. The largest absolute Gasteiger partial charge is 0.378 e. The maximum atomic E-state index is 12.7. The topological polar surface area (TPSA) is 139 Å². The van der Waals surface area contributed by atoms with Gasteiger partial charge in [-0.15, -0.1) is 21.8 Å². The maximum Gasteiger partial charge on any atom is 0.273 e. The minimum Gasteiger partial charge on any atom is -0.378 e. The van der Waals surface area contributed by atoms with E-state index >= 15 is 0 Å². The van der Waals surface area contributed by atoms with E-state index in [0.29, 0.717) is 55.4 Å². The highest BCUT2D eigenvalue weighted by molar-refractivity contribution is 6.17. The number of amides is 2. The highest BCUT2D eigenvalue weighted by atomic mass is 35.5. The normalized spacial score (nSPS) is 18.2. The predicted molar refractivity (Wildman–Crippen MR) is 138 cm³/mol. The summed E-state index contributed by atoms with van der Waals surface area (Å²) in [7, 11) is 0. The van der Waals surface area contributed by atoms with Crippen LogP contribution in [-0.4, -0.2) is 89.8 Å². The number of piperidine rings is 1. The number of hydrogen-bond donors (Lipinski definition) is 3. The highest BCUT2D eigenvalue weighted by Crippen LogP contribution is 2.22. The van der Waals surface area contributed by atoms with Gasteiger partial charge >= 0.3 is 0 Å². The number of anilines is 3. The van der Waals surface area contributed by atoms with Crippen molar-refractivity contribution >= 4 is 40.9 Å². The average molecular weight is 517 g/mol. The first kappa shape index (κ1) is 26.1. The summed E-state index contributed by atoms with van der Waals surface area (Å²) in [6.45, 7) is 4.72. The van der Waals surface area contributed by atoms with Crippen molar-refractivity contribution < 1.29 is 14.3 Å². The van der Waals surface area contributed by atoms with Crippen LogP contribution in [0.2, 0.25) is 0 Å². The molecular formula is C24H33ClN8O3. The van der Waals surface area contributed by atoms with E-state index in [1.165, 1.54) is 0 Å². The molecule has 2 amide bonds. The average Bonchev–Trinajstić information content (AvgIpc) is 2.91. The van der Waals surface area contributed by atoms with Gasteiger partial charge in [-0.05, 0) is 56.5 Å². The molecule has 0 saturated carbocycles. The fraction of sp³-hybridized carbons (Fsp3) is 0.542. The van der Waals surface area contributed by atoms with Crippen molar-refractivity contribution in [3.63, 3.8) is 0 Å². The second-order valence-corrected chi connectivity index (χ2v) is 9.29. The lowest BCUT2D eigenvalue weighted by Gasteiger charge is -2.33. The van der Waals surface area contributed by atoms with Gasteiger partial charge in [-0.3, -0.25) is 9.59 Å². The molecule has 1 aromatic carbocycles. The number of hydrogen-bond acceptors (Lipinski definition) is 9. The van der Waals surface area contributed by atoms with Crippen molar-refractivity contribution in [3.05, 3.63) is 35.5 Å². The Morgan fingerprint density at radius 1 is 1.11 bits per heavy atom. The van der Waals surface area contributed by atoms with Gasteiger partial charge in [0, 0.05) is 49.4 Å². The zero-order valence-corrected chi connectivity index (χ0v) is 21.0. The van der Waals surface area contributed by atoms with Crippen LogP contribution in [0.15, 0.2) is 24.3 Å². The van der Waals surface area contributed by atoms with Crippen molar-refractivity contribution in [1.29, 1.82) is 0 Å². The fourth-order valence-corrected chi connectivity index (χ4v) is 4.53. The van der Waals surface area contributed by atoms with Crippen LogP contribution in [0.3, 0.4) is 0 Å². The van der Waals surface area contributed by atoms with Crippen LogP contribution in [0.1, 0.15) is 46.5 Å². The van der Waals surface area contributed by atoms with Gasteiger partial charge in [0.2, 0.25) is 5.95 Å². The Bertz CT molecular complexity index is 1030. The quantitative estimate of drug-likeness (QED) is 0.318. The molecule has 11 nitrogen and oxygen atoms in total. The zero-order chi connectivity index (χ0) is 25.3. The number of primary amides is 1. The Labute approximate surface area is 215 Å². The molecule has 194 valence electrons. The van der Waals surface area contributed by atoms with Crippen LogP contribution in [0.25, 0.3) is 0 Å². The third-order valence-electron chi connectivity index (χ3n) is 6.30. The van der Waals surface area contributed by atoms with Gasteiger partial charge in [-0.25, -0.2) is 0 Å². The standard InChI is InChI=1S/C24H33ClN8O3/c25-9-1-2-10-27-19-4-3-11-33(16-19)24-29-22(20(21(26)34)30-31-24)28-18-7-5-17(6-8-18)23(35)32-12-14-36-15-13-32/h5-8,19,27H,1-4,9-16H2,(H2,26,34)(H,28,29,31)/t19-/m1/s1. The number of benzene rings is 1. The SMILES string of the molecule is NC(=O)c1nnc(N2CCC[C@@H](NCCCCCl)C2)nc1Nc1ccc(C(=O)N2CCOCC2)cc1. The summed E-state index contributed by atoms with van der Waals surface area (Å²) in [5, 5.41) is 14.9. The van der Waals surface area contributed by atoms with Crippen LogP contribution in [0, 0.1) is 0 Å². The first-order chi connectivity index (χ1) is 17.5. The van der Waals surface area contributed by atoms with Gasteiger partial charge in [0.1, 0.15) is 0 Å². The Balaban J connectivity index is 1.44. The van der Waals surface area contributed by atoms with Crippen LogP contribution in [-0.2, 0) is 4.74 Å². The number of carbonyl (C=O) groups is 2. The first-order valence-electron chi connectivity index (χ1n) is 12.4. The first-order valence-corrected chi connectivity index (χ1v) is 12.9. The van der Waals surface area contributed by atoms with Crippen molar-refractivity contribution in [3.8, 4) is 0 Å². The highest BCUT2D eigenvalue weighted by Gasteiger charge is 2.24. The van der Waals surface area contributed by atoms with E-state index in [2.05, 4.69) is 30.7 Å². The summed E-state index contributed by atoms with van der Waals surface area (Å²) in [6.07, 6.45) is 4.10. The number of carbonyl (C=O) groups excluding carboxylic acids is 2. The Hall–Kier alpha value is -3.02. The number of nitrogens with one attached hydrogen (secondary N) is 2. The van der Waals surface area contributed by atoms with E-state index in [1.54, 1.807) is 29.2 Å². The smallest absolute Gasteiger partial charge is 0.273 e. The molecule has 0 bridgehead atoms. The van der Waals surface area contributed by atoms with E-state index in [9.17, 15) is 9.59 Å². The molecule has 36 heavy (non-hydrogen) atoms. The van der Waals surface area contributed by atoms with Crippen molar-refractivity contribution in [2.45, 2.75) is 31.7 Å². The monoisotopic (exact) mass is 516 g/mol. The van der Waals surface area contributed by atoms with Gasteiger partial charge in [-0.2, -0.15) is 4.98 Å². The third-order valence-corrected chi connectivity index (χ3v) is 6.57. The van der Waals surface area contributed by atoms with Gasteiger partial charge < -0.3 is 30.9 Å². The molecule has 0 radical (unpaired) electrons. The second kappa shape index (κ2) is 12.8. The van der Waals surface area contributed by atoms with Gasteiger partial charge in [0.15, 0.2) is 11.5 Å². The molecular weight excluding hydrogens is 484 g/mol. The molecule has 2 fully saturated rings. The lowest BCUT2D eigenvalue weighted by Crippen LogP contribution is -2.46. The minimum absolute atomic E-state index is 0.0374. The lowest BCUT2D eigenvalue weighted by atomic mass is 10.1. The van der Waals surface area contributed by atoms with Gasteiger partial charge in [0.25, 0.3) is 11.8 Å². The summed E-state index contributed by atoms with van der Waals surface area (Å²) >= 11 is 5.77. The van der Waals surface area contributed by atoms with Crippen LogP contribution >= 0.6 is 11.6 Å². The van der Waals surface area contributed by atoms with E-state index in [-0.39, 0.29) is 17.4 Å². The fourth-order valence-electron chi connectivity index (χ4n) is 4.34. The third kappa shape index (κ3) is 6.80. The molecule has 12 heteroatoms. The molecule has 2 saturated heterocycles. The summed E-state index contributed by atoms with van der Waals surface area (Å²) in [6, 6.07) is 7.33. The molecule has 2 aliphatic heterocycles. The molecule has 4 N–H and O–H groups in total. The maximum absolute atomic E-state index is 12.7. The lowest BCUT2D eigenvalue weighted by molar-refractivity contribution is 0.0303. The number of alkyl halides is 1. The molecule has 0 spiro atoms. The van der Waals surface area contributed by atoms with Crippen molar-refractivity contribution in [1.82, 2.24) is 25.4 Å². The summed E-state index contributed by atoms with van der Waals surface area (Å²) < 4.78 is 5.32. The number of unbranched alkanes of at least 4 members (excludes halogenated alkanes) is 1. The van der Waals surface area contributed by atoms with Gasteiger partial charge in [-0.1, -0.05) is 0 Å². The molecule has 2 aliphatic rings. The van der Waals surface area contributed by atoms with Crippen molar-refractivity contribution in [2.75, 3.05) is 62.0 Å². The molecule has 3 heterocycles. The van der Waals surface area contributed by atoms with E-state index < -0.39 is 5.91 Å². The predicted octanol–water partition coefficient (Wildman–Crippen LogP) is 1.76. The van der Waals surface area contributed by atoms with E-state index in [0.717, 1.165) is 45.3 Å². The molecule has 4 rings (SSSR count). The zero-order valence-electron chi connectivity index (χ0n) is 20.3. The number of rotatable bonds is 10. The number of morpholine rings is 1. The summed E-state index contributed by atoms with van der Waals surface area (Å²) in [5.74, 6) is 0.587. The second-order valence-electron chi connectivity index (χ2n) is 8.92. The number of nitrogens with zero attached hydrogens (tertiary/aromatic N) is 5. The molecule has 0 aliphatic carbocycles. The number of nitrogens with two attached hydrogens (primary N) is 1. The Morgan fingerprint density at radius 3 is 2.61 bits per heavy atom. The molecule has 0 unspecified atom stereocenters. The number of ether oxygens (including phenoxy) is 1. The summed E-state index contributed by atoms with van der Waals surface area (Å²) in [5.41, 5.74) is 6.72. The van der Waals surface area contributed by atoms with Crippen LogP contribution in [0.4, 0.5) is 17.5 Å². The Kier molecular flexibility index (Phi) is 9.26. The number of aromatic nitrogens is 3. The van der Waals surface area contributed by atoms with Gasteiger partial charge in [0.05, 0.1) is 13.2 Å². The number of halogens is 1. The summed E-state index contributed by atoms with van der Waals surface area (Å²) in [4.78, 5) is 33.1. The minimum atomic E-state index is -0.722. The van der Waals surface area contributed by atoms with Crippen molar-refractivity contribution in [2.24, 2.45) is 5.73 Å². The molecule has 1 atom stereocenters. The van der Waals surface area contributed by atoms with Crippen LogP contribution in [0.5, 0.6) is 0 Å². The Morgan fingerprint density at radius 2 is 1.89 bits per heavy atom.